The van der Waals surface area contributed by atoms with Gasteiger partial charge in [0.2, 0.25) is 0 Å². The minimum absolute atomic E-state index is 0.0745. The number of aromatic nitrogens is 3. The van der Waals surface area contributed by atoms with E-state index in [1.165, 1.54) is 40.4 Å². The standard InChI is InChI=1S/C18H22N4OS/c23-18-7-13-3-1-4-14(13)20-22(18)10-12-8-21(9-12)11-17-19-15-5-2-6-16(15)24-17/h7,12H,1-6,8-11H2. The van der Waals surface area contributed by atoms with E-state index < -0.39 is 0 Å². The second-order valence-corrected chi connectivity index (χ2v) is 8.55. The molecule has 2 aromatic heterocycles. The summed E-state index contributed by atoms with van der Waals surface area (Å²) in [5.74, 6) is 0.543. The van der Waals surface area contributed by atoms with E-state index in [1.54, 1.807) is 4.68 Å². The van der Waals surface area contributed by atoms with Crippen LogP contribution in [0.2, 0.25) is 0 Å². The lowest BCUT2D eigenvalue weighted by Gasteiger charge is -2.38. The van der Waals surface area contributed by atoms with Gasteiger partial charge in [0.05, 0.1) is 24.5 Å². The summed E-state index contributed by atoms with van der Waals surface area (Å²) in [7, 11) is 0. The number of aryl methyl sites for hydroxylation is 4. The van der Waals surface area contributed by atoms with Crippen molar-refractivity contribution in [3.05, 3.63) is 43.3 Å². The molecule has 0 N–H and O–H groups in total. The summed E-state index contributed by atoms with van der Waals surface area (Å²) in [6.07, 6.45) is 6.86. The van der Waals surface area contributed by atoms with Crippen LogP contribution in [0.25, 0.3) is 0 Å². The third kappa shape index (κ3) is 2.62. The fraction of sp³-hybridized carbons (Fsp3) is 0.611. The summed E-state index contributed by atoms with van der Waals surface area (Å²) in [5, 5.41) is 5.86. The van der Waals surface area contributed by atoms with Crippen LogP contribution in [0.1, 0.15) is 39.7 Å². The lowest BCUT2D eigenvalue weighted by molar-refractivity contribution is 0.0764. The lowest BCUT2D eigenvalue weighted by Crippen LogP contribution is -2.49. The molecule has 3 heterocycles. The van der Waals surface area contributed by atoms with Crippen molar-refractivity contribution >= 4 is 11.3 Å². The summed E-state index contributed by atoms with van der Waals surface area (Å²) < 4.78 is 1.70. The number of fused-ring (bicyclic) bond motifs is 2. The molecule has 0 saturated carbocycles. The molecule has 5 rings (SSSR count). The van der Waals surface area contributed by atoms with E-state index in [-0.39, 0.29) is 5.56 Å². The molecule has 2 aromatic rings. The first-order valence-corrected chi connectivity index (χ1v) is 9.86. The van der Waals surface area contributed by atoms with Crippen molar-refractivity contribution < 1.29 is 0 Å². The predicted molar refractivity (Wildman–Crippen MR) is 93.4 cm³/mol. The van der Waals surface area contributed by atoms with Crippen molar-refractivity contribution in [1.29, 1.82) is 0 Å². The Hall–Kier alpha value is -1.53. The van der Waals surface area contributed by atoms with Gasteiger partial charge in [-0.2, -0.15) is 5.10 Å². The molecule has 3 aliphatic rings. The van der Waals surface area contributed by atoms with Gasteiger partial charge in [-0.15, -0.1) is 11.3 Å². The second kappa shape index (κ2) is 5.77. The second-order valence-electron chi connectivity index (χ2n) is 7.38. The van der Waals surface area contributed by atoms with Crippen molar-refractivity contribution in [1.82, 2.24) is 19.7 Å². The van der Waals surface area contributed by atoms with Gasteiger partial charge in [0.1, 0.15) is 5.01 Å². The van der Waals surface area contributed by atoms with Crippen molar-refractivity contribution in [2.45, 2.75) is 51.6 Å². The highest BCUT2D eigenvalue weighted by Crippen LogP contribution is 2.29. The van der Waals surface area contributed by atoms with E-state index in [4.69, 9.17) is 4.98 Å². The van der Waals surface area contributed by atoms with Crippen LogP contribution in [0.5, 0.6) is 0 Å². The maximum absolute atomic E-state index is 12.2. The first-order chi connectivity index (χ1) is 11.7. The van der Waals surface area contributed by atoms with E-state index in [1.807, 2.05) is 17.4 Å². The highest BCUT2D eigenvalue weighted by Gasteiger charge is 2.29. The summed E-state index contributed by atoms with van der Waals surface area (Å²) in [4.78, 5) is 20.9. The Balaban J connectivity index is 1.19. The van der Waals surface area contributed by atoms with Crippen molar-refractivity contribution in [2.75, 3.05) is 13.1 Å². The van der Waals surface area contributed by atoms with Crippen LogP contribution >= 0.6 is 11.3 Å². The Bertz CT molecular complexity index is 813. The zero-order valence-electron chi connectivity index (χ0n) is 13.8. The molecule has 0 atom stereocenters. The summed E-state index contributed by atoms with van der Waals surface area (Å²) >= 11 is 1.90. The molecule has 0 radical (unpaired) electrons. The first-order valence-electron chi connectivity index (χ1n) is 9.04. The van der Waals surface area contributed by atoms with Gasteiger partial charge in [-0.25, -0.2) is 9.67 Å². The van der Waals surface area contributed by atoms with Crippen LogP contribution in [0, 0.1) is 5.92 Å². The normalized spacial score (nSPS) is 20.2. The third-order valence-electron chi connectivity index (χ3n) is 5.49. The molecule has 1 aliphatic heterocycles. The van der Waals surface area contributed by atoms with Gasteiger partial charge in [-0.3, -0.25) is 9.69 Å². The Labute approximate surface area is 145 Å². The molecule has 5 nitrogen and oxygen atoms in total. The van der Waals surface area contributed by atoms with Gasteiger partial charge < -0.3 is 0 Å². The van der Waals surface area contributed by atoms with Crippen LogP contribution in [0.15, 0.2) is 10.9 Å². The monoisotopic (exact) mass is 342 g/mol. The number of nitrogens with zero attached hydrogens (tertiary/aromatic N) is 4. The Morgan fingerprint density at radius 2 is 1.96 bits per heavy atom. The van der Waals surface area contributed by atoms with Crippen LogP contribution in [-0.4, -0.2) is 32.8 Å². The van der Waals surface area contributed by atoms with Crippen LogP contribution in [-0.2, 0) is 38.8 Å². The Morgan fingerprint density at radius 1 is 1.12 bits per heavy atom. The quantitative estimate of drug-likeness (QED) is 0.850. The minimum Gasteiger partial charge on any atom is -0.296 e. The van der Waals surface area contributed by atoms with Gasteiger partial charge >= 0.3 is 0 Å². The van der Waals surface area contributed by atoms with E-state index in [0.717, 1.165) is 51.1 Å². The number of hydrogen-bond donors (Lipinski definition) is 0. The molecule has 126 valence electrons. The number of likely N-dealkylation sites (tertiary alicyclic amines) is 1. The molecule has 6 heteroatoms. The minimum atomic E-state index is 0.0745. The van der Waals surface area contributed by atoms with E-state index in [2.05, 4.69) is 10.00 Å². The summed E-state index contributed by atoms with van der Waals surface area (Å²) in [6, 6.07) is 1.81. The molecule has 1 saturated heterocycles. The van der Waals surface area contributed by atoms with Crippen LogP contribution in [0.4, 0.5) is 0 Å². The average Bonchev–Trinajstić information content (AvgIpc) is 3.20. The molecule has 0 bridgehead atoms. The molecular formula is C18H22N4OS. The van der Waals surface area contributed by atoms with Crippen LogP contribution in [0.3, 0.4) is 0 Å². The molecule has 0 spiro atoms. The Morgan fingerprint density at radius 3 is 2.83 bits per heavy atom. The highest BCUT2D eigenvalue weighted by atomic mass is 32.1. The number of hydrogen-bond acceptors (Lipinski definition) is 5. The molecule has 0 aromatic carbocycles. The highest BCUT2D eigenvalue weighted by molar-refractivity contribution is 7.11. The SMILES string of the molecule is O=c1cc2c(nn1CC1CN(Cc3nc4c(s3)CCC4)C1)CCC2. The van der Waals surface area contributed by atoms with Gasteiger partial charge in [0, 0.05) is 30.0 Å². The van der Waals surface area contributed by atoms with Gasteiger partial charge in [0.15, 0.2) is 0 Å². The molecule has 2 aliphatic carbocycles. The van der Waals surface area contributed by atoms with E-state index in [0.29, 0.717) is 5.92 Å². The average molecular weight is 342 g/mol. The zero-order chi connectivity index (χ0) is 16.1. The van der Waals surface area contributed by atoms with E-state index >= 15 is 0 Å². The van der Waals surface area contributed by atoms with Crippen molar-refractivity contribution in [3.8, 4) is 0 Å². The Kier molecular flexibility index (Phi) is 3.56. The lowest BCUT2D eigenvalue weighted by atomic mass is 10.0. The van der Waals surface area contributed by atoms with E-state index in [9.17, 15) is 4.79 Å². The fourth-order valence-corrected chi connectivity index (χ4v) is 5.44. The van der Waals surface area contributed by atoms with Gasteiger partial charge in [-0.05, 0) is 44.1 Å². The maximum atomic E-state index is 12.2. The number of rotatable bonds is 4. The van der Waals surface area contributed by atoms with Crippen molar-refractivity contribution in [3.63, 3.8) is 0 Å². The summed E-state index contributed by atoms with van der Waals surface area (Å²) in [6.45, 7) is 3.84. The first kappa shape index (κ1) is 14.8. The van der Waals surface area contributed by atoms with Gasteiger partial charge in [0.25, 0.3) is 5.56 Å². The molecule has 24 heavy (non-hydrogen) atoms. The smallest absolute Gasteiger partial charge is 0.267 e. The molecule has 0 unspecified atom stereocenters. The molecular weight excluding hydrogens is 320 g/mol. The topological polar surface area (TPSA) is 51.0 Å². The number of thiazole rings is 1. The molecule has 1 fully saturated rings. The predicted octanol–water partition coefficient (Wildman–Crippen LogP) is 1.81. The van der Waals surface area contributed by atoms with Gasteiger partial charge in [-0.1, -0.05) is 0 Å². The third-order valence-corrected chi connectivity index (χ3v) is 6.63. The fourth-order valence-electron chi connectivity index (χ4n) is 4.24. The maximum Gasteiger partial charge on any atom is 0.267 e. The zero-order valence-corrected chi connectivity index (χ0v) is 14.6. The van der Waals surface area contributed by atoms with Crippen molar-refractivity contribution in [2.24, 2.45) is 5.92 Å². The largest absolute Gasteiger partial charge is 0.296 e. The molecule has 0 amide bonds. The summed E-state index contributed by atoms with van der Waals surface area (Å²) in [5.41, 5.74) is 3.73. The van der Waals surface area contributed by atoms with Crippen LogP contribution < -0.4 is 5.56 Å².